The van der Waals surface area contributed by atoms with Gasteiger partial charge < -0.3 is 19.7 Å². The Kier molecular flexibility index (Phi) is 4.47. The van der Waals surface area contributed by atoms with Gasteiger partial charge in [0.05, 0.1) is 36.7 Å². The van der Waals surface area contributed by atoms with Crippen LogP contribution in [0.15, 0.2) is 67.0 Å². The molecular formula is C25H22N2O4. The Balaban J connectivity index is 1.82. The number of nitrogens with zero attached hydrogens (tertiary/aromatic N) is 2. The van der Waals surface area contributed by atoms with Crippen LogP contribution >= 0.6 is 0 Å². The summed E-state index contributed by atoms with van der Waals surface area (Å²) in [7, 11) is 1.53. The quantitative estimate of drug-likeness (QED) is 0.681. The molecule has 0 amide bonds. The van der Waals surface area contributed by atoms with E-state index in [1.165, 1.54) is 7.11 Å². The highest BCUT2D eigenvalue weighted by molar-refractivity contribution is 5.58. The summed E-state index contributed by atoms with van der Waals surface area (Å²) in [6, 6.07) is 19.1. The molecule has 31 heavy (non-hydrogen) atoms. The summed E-state index contributed by atoms with van der Waals surface area (Å²) in [6.07, 6.45) is 3.65. The predicted octanol–water partition coefficient (Wildman–Crippen LogP) is 3.23. The number of aliphatic hydroxyl groups excluding tert-OH is 1. The number of nitriles is 1. The second kappa shape index (κ2) is 7.09. The molecular weight excluding hydrogens is 392 g/mol. The fraction of sp³-hybridized carbons (Fsp3) is 0.280. The molecule has 0 bridgehead atoms. The molecule has 0 saturated heterocycles. The van der Waals surface area contributed by atoms with E-state index >= 15 is 0 Å². The van der Waals surface area contributed by atoms with E-state index in [0.29, 0.717) is 29.0 Å². The molecule has 1 aliphatic heterocycles. The summed E-state index contributed by atoms with van der Waals surface area (Å²) in [5.74, 6) is 0.111. The van der Waals surface area contributed by atoms with Crippen LogP contribution < -0.4 is 9.47 Å². The number of methoxy groups -OCH3 is 1. The smallest absolute Gasteiger partial charge is 0.174 e. The zero-order chi connectivity index (χ0) is 21.6. The maximum Gasteiger partial charge on any atom is 0.174 e. The topological polar surface area (TPSA) is 95.6 Å². The third kappa shape index (κ3) is 2.48. The molecule has 4 atom stereocenters. The highest BCUT2D eigenvalue weighted by atomic mass is 16.5. The Morgan fingerprint density at radius 3 is 2.55 bits per heavy atom. The summed E-state index contributed by atoms with van der Waals surface area (Å²) in [4.78, 5) is 4.22. The van der Waals surface area contributed by atoms with Gasteiger partial charge >= 0.3 is 0 Å². The summed E-state index contributed by atoms with van der Waals surface area (Å²) in [5, 5.41) is 32.1. The maximum absolute atomic E-state index is 12.5. The van der Waals surface area contributed by atoms with Crippen molar-refractivity contribution in [2.75, 3.05) is 13.7 Å². The molecule has 1 fully saturated rings. The molecule has 156 valence electrons. The summed E-state index contributed by atoms with van der Waals surface area (Å²) >= 11 is 0. The molecule has 6 nitrogen and oxygen atoms in total. The SMILES string of the molecule is COc1cncc2c1C1(O)C(CO)CC(c3ccccc3)[C@]1(c1ccc(C#N)cc1)O2. The van der Waals surface area contributed by atoms with E-state index in [1.807, 2.05) is 42.5 Å². The van der Waals surface area contributed by atoms with Gasteiger partial charge in [-0.1, -0.05) is 42.5 Å². The van der Waals surface area contributed by atoms with Crippen LogP contribution in [0.25, 0.3) is 0 Å². The summed E-state index contributed by atoms with van der Waals surface area (Å²) < 4.78 is 12.2. The number of ether oxygens (including phenoxy) is 2. The Hall–Kier alpha value is -3.40. The minimum absolute atomic E-state index is 0.216. The number of pyridine rings is 1. The molecule has 0 radical (unpaired) electrons. The zero-order valence-corrected chi connectivity index (χ0v) is 17.0. The molecule has 2 heterocycles. The van der Waals surface area contributed by atoms with Gasteiger partial charge in [-0.25, -0.2) is 0 Å². The molecule has 0 spiro atoms. The van der Waals surface area contributed by atoms with E-state index in [-0.39, 0.29) is 12.5 Å². The summed E-state index contributed by atoms with van der Waals surface area (Å²) in [6.45, 7) is -0.216. The van der Waals surface area contributed by atoms with Gasteiger partial charge in [0.15, 0.2) is 5.60 Å². The van der Waals surface area contributed by atoms with Crippen LogP contribution in [0.3, 0.4) is 0 Å². The first-order valence-corrected chi connectivity index (χ1v) is 10.2. The number of rotatable bonds is 4. The van der Waals surface area contributed by atoms with E-state index in [0.717, 1.165) is 11.1 Å². The monoisotopic (exact) mass is 414 g/mol. The van der Waals surface area contributed by atoms with E-state index in [9.17, 15) is 15.5 Å². The molecule has 2 aliphatic rings. The first kappa shape index (κ1) is 19.6. The normalized spacial score (nSPS) is 28.3. The lowest BCUT2D eigenvalue weighted by Crippen LogP contribution is -2.51. The highest BCUT2D eigenvalue weighted by Crippen LogP contribution is 2.69. The van der Waals surface area contributed by atoms with Crippen molar-refractivity contribution in [3.05, 3.63) is 89.2 Å². The average molecular weight is 414 g/mol. The van der Waals surface area contributed by atoms with Gasteiger partial charge in [0, 0.05) is 18.4 Å². The second-order valence-corrected chi connectivity index (χ2v) is 8.09. The van der Waals surface area contributed by atoms with E-state index in [4.69, 9.17) is 9.47 Å². The lowest BCUT2D eigenvalue weighted by Gasteiger charge is -2.41. The fourth-order valence-electron chi connectivity index (χ4n) is 5.47. The Bertz CT molecular complexity index is 1160. The van der Waals surface area contributed by atoms with Crippen molar-refractivity contribution in [3.63, 3.8) is 0 Å². The molecule has 5 rings (SSSR count). The third-order valence-corrected chi connectivity index (χ3v) is 6.78. The van der Waals surface area contributed by atoms with Crippen molar-refractivity contribution >= 4 is 0 Å². The van der Waals surface area contributed by atoms with Gasteiger partial charge in [-0.2, -0.15) is 5.26 Å². The molecule has 3 unspecified atom stereocenters. The van der Waals surface area contributed by atoms with Crippen molar-refractivity contribution in [1.29, 1.82) is 5.26 Å². The summed E-state index contributed by atoms with van der Waals surface area (Å²) in [5.41, 5.74) is -0.00898. The molecule has 2 aromatic carbocycles. The van der Waals surface area contributed by atoms with Crippen LogP contribution in [0.2, 0.25) is 0 Å². The largest absolute Gasteiger partial charge is 0.495 e. The third-order valence-electron chi connectivity index (χ3n) is 6.78. The van der Waals surface area contributed by atoms with Crippen LogP contribution in [0.4, 0.5) is 0 Å². The number of fused-ring (bicyclic) bond motifs is 3. The van der Waals surface area contributed by atoms with E-state index in [2.05, 4.69) is 11.1 Å². The lowest BCUT2D eigenvalue weighted by molar-refractivity contribution is -0.135. The van der Waals surface area contributed by atoms with Crippen molar-refractivity contribution in [1.82, 2.24) is 4.98 Å². The van der Waals surface area contributed by atoms with Gasteiger partial charge in [-0.15, -0.1) is 0 Å². The fourth-order valence-corrected chi connectivity index (χ4v) is 5.47. The Morgan fingerprint density at radius 2 is 1.90 bits per heavy atom. The van der Waals surface area contributed by atoms with Crippen LogP contribution in [0.1, 0.15) is 34.6 Å². The molecule has 1 aliphatic carbocycles. The first-order valence-electron chi connectivity index (χ1n) is 10.2. The van der Waals surface area contributed by atoms with Crippen molar-refractivity contribution in [2.24, 2.45) is 5.92 Å². The zero-order valence-electron chi connectivity index (χ0n) is 17.0. The Morgan fingerprint density at radius 1 is 1.16 bits per heavy atom. The predicted molar refractivity (Wildman–Crippen MR) is 113 cm³/mol. The highest BCUT2D eigenvalue weighted by Gasteiger charge is 2.73. The van der Waals surface area contributed by atoms with Gasteiger partial charge in [0.2, 0.25) is 0 Å². The van der Waals surface area contributed by atoms with Gasteiger partial charge in [0.1, 0.15) is 17.1 Å². The van der Waals surface area contributed by atoms with Crippen LogP contribution in [-0.4, -0.2) is 28.9 Å². The van der Waals surface area contributed by atoms with E-state index < -0.39 is 17.1 Å². The Labute approximate surface area is 180 Å². The van der Waals surface area contributed by atoms with Crippen molar-refractivity contribution in [3.8, 4) is 17.6 Å². The van der Waals surface area contributed by atoms with Crippen molar-refractivity contribution in [2.45, 2.75) is 23.5 Å². The molecule has 6 heteroatoms. The van der Waals surface area contributed by atoms with Gasteiger partial charge in [0.25, 0.3) is 0 Å². The molecule has 1 saturated carbocycles. The molecule has 1 aromatic heterocycles. The number of benzene rings is 2. The standard InChI is InChI=1S/C25H22N2O4/c1-30-21-13-27-14-22-23(21)24(29)19(15-28)11-20(17-5-3-2-4-6-17)25(24,31-22)18-9-7-16(12-26)8-10-18/h2-10,13-14,19-20,28-29H,11,15H2,1H3/t19?,20?,24?,25-/m0/s1. The number of aromatic nitrogens is 1. The van der Waals surface area contributed by atoms with Crippen LogP contribution in [0, 0.1) is 17.2 Å². The minimum Gasteiger partial charge on any atom is -0.495 e. The second-order valence-electron chi connectivity index (χ2n) is 8.09. The number of hydrogen-bond donors (Lipinski definition) is 2. The van der Waals surface area contributed by atoms with Gasteiger partial charge in [-0.3, -0.25) is 4.98 Å². The minimum atomic E-state index is -1.56. The maximum atomic E-state index is 12.5. The molecule has 2 N–H and O–H groups in total. The number of aliphatic hydroxyl groups is 2. The van der Waals surface area contributed by atoms with Crippen LogP contribution in [-0.2, 0) is 11.2 Å². The lowest BCUT2D eigenvalue weighted by atomic mass is 9.70. The van der Waals surface area contributed by atoms with Gasteiger partial charge in [-0.05, 0) is 29.7 Å². The van der Waals surface area contributed by atoms with Crippen LogP contribution in [0.5, 0.6) is 11.5 Å². The number of hydrogen-bond acceptors (Lipinski definition) is 6. The average Bonchev–Trinajstić information content (AvgIpc) is 3.24. The van der Waals surface area contributed by atoms with Crippen molar-refractivity contribution < 1.29 is 19.7 Å². The first-order chi connectivity index (χ1) is 15.1. The van der Waals surface area contributed by atoms with E-state index in [1.54, 1.807) is 24.5 Å². The molecule has 3 aromatic rings.